The van der Waals surface area contributed by atoms with Gasteiger partial charge in [0.1, 0.15) is 5.82 Å². The van der Waals surface area contributed by atoms with Crippen LogP contribution in [0, 0.1) is 0 Å². The number of nitrogens with zero attached hydrogens (tertiary/aromatic N) is 3. The molecule has 7 heteroatoms. The van der Waals surface area contributed by atoms with Gasteiger partial charge in [0.25, 0.3) is 5.91 Å². The van der Waals surface area contributed by atoms with Crippen LogP contribution >= 0.6 is 0 Å². The largest absolute Gasteiger partial charge is 0.370 e. The van der Waals surface area contributed by atoms with E-state index in [-0.39, 0.29) is 5.91 Å². The summed E-state index contributed by atoms with van der Waals surface area (Å²) in [5.41, 5.74) is 1.75. The van der Waals surface area contributed by atoms with E-state index in [0.29, 0.717) is 12.1 Å². The summed E-state index contributed by atoms with van der Waals surface area (Å²) in [5, 5.41) is 9.95. The number of hydrogen-bond acceptors (Lipinski definition) is 4. The maximum atomic E-state index is 12.0. The van der Waals surface area contributed by atoms with Crippen molar-refractivity contribution in [3.63, 3.8) is 0 Å². The summed E-state index contributed by atoms with van der Waals surface area (Å²) in [7, 11) is 3.51. The molecule has 0 aliphatic rings. The van der Waals surface area contributed by atoms with Crippen LogP contribution in [0.5, 0.6) is 0 Å². The lowest BCUT2D eigenvalue weighted by molar-refractivity contribution is 0.0827. The second kappa shape index (κ2) is 12.4. The van der Waals surface area contributed by atoms with Gasteiger partial charge in [-0.15, -0.1) is 0 Å². The predicted octanol–water partition coefficient (Wildman–Crippen LogP) is 2.73. The molecule has 0 saturated heterocycles. The highest BCUT2D eigenvalue weighted by Gasteiger charge is 2.07. The lowest BCUT2D eigenvalue weighted by atomic mass is 10.1. The molecule has 1 aromatic heterocycles. The number of aromatic nitrogens is 1. The lowest BCUT2D eigenvalue weighted by Gasteiger charge is -2.12. The number of amides is 1. The van der Waals surface area contributed by atoms with E-state index < -0.39 is 0 Å². The normalized spacial score (nSPS) is 11.1. The molecular formula is C22H32N6O. The fourth-order valence-electron chi connectivity index (χ4n) is 2.66. The van der Waals surface area contributed by atoms with Crippen molar-refractivity contribution in [3.05, 3.63) is 59.8 Å². The van der Waals surface area contributed by atoms with Crippen LogP contribution in [-0.4, -0.2) is 55.5 Å². The third-order valence-corrected chi connectivity index (χ3v) is 4.24. The van der Waals surface area contributed by atoms with Gasteiger partial charge >= 0.3 is 0 Å². The van der Waals surface area contributed by atoms with E-state index in [2.05, 4.69) is 32.9 Å². The average Bonchev–Trinajstić information content (AvgIpc) is 2.74. The molecule has 0 unspecified atom stereocenters. The van der Waals surface area contributed by atoms with Crippen molar-refractivity contribution in [2.45, 2.75) is 26.3 Å². The van der Waals surface area contributed by atoms with Gasteiger partial charge in [0.15, 0.2) is 5.96 Å². The van der Waals surface area contributed by atoms with E-state index in [0.717, 1.165) is 49.8 Å². The molecule has 0 bridgehead atoms. The van der Waals surface area contributed by atoms with E-state index >= 15 is 0 Å². The Morgan fingerprint density at radius 3 is 2.45 bits per heavy atom. The third kappa shape index (κ3) is 8.21. The highest BCUT2D eigenvalue weighted by atomic mass is 16.2. The zero-order chi connectivity index (χ0) is 20.9. The van der Waals surface area contributed by atoms with Crippen molar-refractivity contribution in [2.24, 2.45) is 4.99 Å². The maximum absolute atomic E-state index is 12.0. The number of aliphatic imine (C=N–C) groups is 1. The van der Waals surface area contributed by atoms with Crippen LogP contribution in [0.3, 0.4) is 0 Å². The molecule has 156 valence electrons. The fourth-order valence-corrected chi connectivity index (χ4v) is 2.66. The third-order valence-electron chi connectivity index (χ3n) is 4.24. The second-order valence-corrected chi connectivity index (χ2v) is 6.87. The zero-order valence-corrected chi connectivity index (χ0v) is 17.6. The molecule has 0 saturated carbocycles. The van der Waals surface area contributed by atoms with Crippen LogP contribution in [0.1, 0.15) is 35.7 Å². The van der Waals surface area contributed by atoms with Gasteiger partial charge in [-0.1, -0.05) is 18.2 Å². The highest BCUT2D eigenvalue weighted by Crippen LogP contribution is 2.07. The first-order valence-corrected chi connectivity index (χ1v) is 10.1. The van der Waals surface area contributed by atoms with Crippen LogP contribution in [0.2, 0.25) is 0 Å². The van der Waals surface area contributed by atoms with Gasteiger partial charge < -0.3 is 20.9 Å². The molecule has 0 atom stereocenters. The number of unbranched alkanes of at least 4 members (excludes halogenated alkanes) is 1. The van der Waals surface area contributed by atoms with Crippen LogP contribution in [-0.2, 0) is 6.54 Å². The smallest absolute Gasteiger partial charge is 0.253 e. The van der Waals surface area contributed by atoms with Gasteiger partial charge in [0, 0.05) is 45.5 Å². The molecule has 1 aromatic carbocycles. The minimum atomic E-state index is 0.00703. The molecule has 3 N–H and O–H groups in total. The summed E-state index contributed by atoms with van der Waals surface area (Å²) >= 11 is 0. The molecule has 2 aromatic rings. The Hall–Kier alpha value is -3.09. The van der Waals surface area contributed by atoms with Crippen molar-refractivity contribution in [1.82, 2.24) is 20.5 Å². The van der Waals surface area contributed by atoms with Crippen LogP contribution in [0.15, 0.2) is 53.7 Å². The Balaban J connectivity index is 1.73. The van der Waals surface area contributed by atoms with Gasteiger partial charge in [-0.25, -0.2) is 9.98 Å². The van der Waals surface area contributed by atoms with Crippen LogP contribution < -0.4 is 16.0 Å². The van der Waals surface area contributed by atoms with Gasteiger partial charge in [0.2, 0.25) is 0 Å². The molecular weight excluding hydrogens is 364 g/mol. The Morgan fingerprint density at radius 2 is 1.79 bits per heavy atom. The van der Waals surface area contributed by atoms with E-state index in [1.54, 1.807) is 25.2 Å². The monoisotopic (exact) mass is 396 g/mol. The summed E-state index contributed by atoms with van der Waals surface area (Å²) in [5.74, 6) is 1.72. The molecule has 1 heterocycles. The number of hydrogen-bond donors (Lipinski definition) is 3. The van der Waals surface area contributed by atoms with E-state index in [4.69, 9.17) is 0 Å². The predicted molar refractivity (Wildman–Crippen MR) is 119 cm³/mol. The minimum absolute atomic E-state index is 0.00703. The summed E-state index contributed by atoms with van der Waals surface area (Å²) in [6.45, 7) is 5.17. The first-order chi connectivity index (χ1) is 14.1. The number of pyridine rings is 1. The number of carbonyl (C=O) groups excluding carboxylic acids is 1. The number of guanidine groups is 1. The quantitative estimate of drug-likeness (QED) is 0.327. The SMILES string of the molecule is CCNC(=NCc1ccc(C(=O)N(C)C)cc1)NCCCCNc1ccccn1. The summed E-state index contributed by atoms with van der Waals surface area (Å²) in [6, 6.07) is 13.5. The molecule has 7 nitrogen and oxygen atoms in total. The van der Waals surface area contributed by atoms with E-state index in [1.165, 1.54) is 0 Å². The summed E-state index contributed by atoms with van der Waals surface area (Å²) < 4.78 is 0. The minimum Gasteiger partial charge on any atom is -0.370 e. The molecule has 0 radical (unpaired) electrons. The first-order valence-electron chi connectivity index (χ1n) is 10.1. The molecule has 0 fully saturated rings. The molecule has 2 rings (SSSR count). The Bertz CT molecular complexity index is 759. The number of rotatable bonds is 10. The lowest BCUT2D eigenvalue weighted by Crippen LogP contribution is -2.37. The van der Waals surface area contributed by atoms with Gasteiger partial charge in [-0.3, -0.25) is 4.79 Å². The first kappa shape index (κ1) is 22.2. The van der Waals surface area contributed by atoms with Crippen molar-refractivity contribution in [2.75, 3.05) is 39.0 Å². The Morgan fingerprint density at radius 1 is 1.03 bits per heavy atom. The summed E-state index contributed by atoms with van der Waals surface area (Å²) in [6.07, 6.45) is 3.87. The second-order valence-electron chi connectivity index (χ2n) is 6.87. The van der Waals surface area contributed by atoms with E-state index in [1.807, 2.05) is 42.5 Å². The molecule has 0 spiro atoms. The fraction of sp³-hybridized carbons (Fsp3) is 0.409. The van der Waals surface area contributed by atoms with Gasteiger partial charge in [0.05, 0.1) is 6.54 Å². The number of carbonyl (C=O) groups is 1. The Kier molecular flexibility index (Phi) is 9.48. The molecule has 1 amide bonds. The average molecular weight is 397 g/mol. The molecule has 29 heavy (non-hydrogen) atoms. The van der Waals surface area contributed by atoms with Gasteiger partial charge in [-0.2, -0.15) is 0 Å². The number of nitrogens with one attached hydrogen (secondary N) is 3. The zero-order valence-electron chi connectivity index (χ0n) is 17.6. The number of benzene rings is 1. The van der Waals surface area contributed by atoms with Crippen molar-refractivity contribution in [3.8, 4) is 0 Å². The van der Waals surface area contributed by atoms with Crippen LogP contribution in [0.4, 0.5) is 5.82 Å². The van der Waals surface area contributed by atoms with Crippen molar-refractivity contribution < 1.29 is 4.79 Å². The number of anilines is 1. The van der Waals surface area contributed by atoms with E-state index in [9.17, 15) is 4.79 Å². The van der Waals surface area contributed by atoms with Crippen LogP contribution in [0.25, 0.3) is 0 Å². The Labute approximate surface area is 173 Å². The highest BCUT2D eigenvalue weighted by molar-refractivity contribution is 5.93. The maximum Gasteiger partial charge on any atom is 0.253 e. The topological polar surface area (TPSA) is 81.7 Å². The summed E-state index contributed by atoms with van der Waals surface area (Å²) in [4.78, 5) is 22.4. The van der Waals surface area contributed by atoms with Crippen molar-refractivity contribution >= 4 is 17.7 Å². The standard InChI is InChI=1S/C22H32N6O/c1-4-23-22(26-16-8-7-15-25-20-9-5-6-14-24-20)27-17-18-10-12-19(13-11-18)21(29)28(2)3/h5-6,9-14H,4,7-8,15-17H2,1-3H3,(H,24,25)(H2,23,26,27). The van der Waals surface area contributed by atoms with Crippen molar-refractivity contribution in [1.29, 1.82) is 0 Å². The van der Waals surface area contributed by atoms with Gasteiger partial charge in [-0.05, 0) is 49.6 Å². The molecule has 0 aliphatic carbocycles. The molecule has 0 aliphatic heterocycles.